The Bertz CT molecular complexity index is 2320. The summed E-state index contributed by atoms with van der Waals surface area (Å²) >= 11 is 3.39. The van der Waals surface area contributed by atoms with Crippen LogP contribution in [0.2, 0.25) is 0 Å². The Morgan fingerprint density at radius 3 is 1.77 bits per heavy atom. The number of hydrogen-bond acceptors (Lipinski definition) is 13. The number of fused-ring (bicyclic) bond motifs is 2. The molecule has 2 aromatic carbocycles. The molecule has 14 heteroatoms. The molecule has 4 saturated heterocycles. The van der Waals surface area contributed by atoms with Crippen LogP contribution in [0.5, 0.6) is 0 Å². The predicted molar refractivity (Wildman–Crippen MR) is 250 cm³/mol. The summed E-state index contributed by atoms with van der Waals surface area (Å²) in [5.41, 5.74) is 10.4. The van der Waals surface area contributed by atoms with Crippen molar-refractivity contribution in [3.8, 4) is 22.3 Å². The molecule has 4 fully saturated rings. The van der Waals surface area contributed by atoms with Crippen molar-refractivity contribution in [2.45, 2.75) is 44.6 Å². The third-order valence-corrected chi connectivity index (χ3v) is 14.6. The van der Waals surface area contributed by atoms with E-state index in [-0.39, 0.29) is 11.9 Å². The average molecular weight is 859 g/mol. The molecule has 12 nitrogen and oxygen atoms in total. The third kappa shape index (κ3) is 10.2. The number of hydrogen-bond donors (Lipinski definition) is 1. The standard InChI is InChI=1S/C24H30N4OS.C23H28N6OS/c1-2-6-20(7-3-1)22-18-30-23-21(22)16-25-24(26-23)28-12-8-19(9-13-28)17-29-15-14-27-10-4-5-11-27;24-21(30)20-7-4-8-28(20)12-9-27-10-13-29(14-11-27)23-25-15-18-19(16-31-22(18)26-23)17-5-2-1-3-6-17/h1-3,6-7,16,18-19H,4-5,8-15,17H2;1-3,5-6,15-16,20H,4,7-14H2,(H2,24,30)/t;20-/m.1/s1. The summed E-state index contributed by atoms with van der Waals surface area (Å²) in [6, 6.07) is 20.8. The van der Waals surface area contributed by atoms with E-state index in [0.29, 0.717) is 5.92 Å². The number of piperidine rings is 1. The quantitative estimate of drug-likeness (QED) is 0.120. The maximum atomic E-state index is 11.6. The van der Waals surface area contributed by atoms with Crippen LogP contribution in [-0.2, 0) is 9.53 Å². The molecular weight excluding hydrogens is 801 g/mol. The molecule has 1 atom stereocenters. The van der Waals surface area contributed by atoms with Gasteiger partial charge >= 0.3 is 0 Å². The fourth-order valence-electron chi connectivity index (χ4n) is 9.21. The highest BCUT2D eigenvalue weighted by Crippen LogP contribution is 2.35. The van der Waals surface area contributed by atoms with Crippen molar-refractivity contribution in [2.24, 2.45) is 11.7 Å². The van der Waals surface area contributed by atoms with E-state index < -0.39 is 0 Å². The number of carbonyl (C=O) groups is 1. The van der Waals surface area contributed by atoms with Crippen LogP contribution >= 0.6 is 22.7 Å². The molecule has 4 aliphatic heterocycles. The van der Waals surface area contributed by atoms with Gasteiger partial charge in [-0.3, -0.25) is 14.6 Å². The summed E-state index contributed by atoms with van der Waals surface area (Å²) in [7, 11) is 0. The number of carbonyl (C=O) groups excluding carboxylic acids is 1. The molecule has 4 aromatic heterocycles. The van der Waals surface area contributed by atoms with Crippen molar-refractivity contribution >= 4 is 60.9 Å². The molecule has 320 valence electrons. The van der Waals surface area contributed by atoms with E-state index in [2.05, 4.69) is 89.9 Å². The van der Waals surface area contributed by atoms with Gasteiger partial charge in [0.25, 0.3) is 0 Å². The number of rotatable bonds is 13. The maximum Gasteiger partial charge on any atom is 0.234 e. The summed E-state index contributed by atoms with van der Waals surface area (Å²) in [5.74, 6) is 2.17. The number of thiophene rings is 2. The van der Waals surface area contributed by atoms with Gasteiger partial charge in [0, 0.05) is 111 Å². The highest BCUT2D eigenvalue weighted by Gasteiger charge is 2.30. The predicted octanol–water partition coefficient (Wildman–Crippen LogP) is 7.12. The van der Waals surface area contributed by atoms with E-state index in [1.54, 1.807) is 22.7 Å². The number of primary amides is 1. The Kier molecular flexibility index (Phi) is 13.7. The summed E-state index contributed by atoms with van der Waals surface area (Å²) in [6.45, 7) is 14.1. The monoisotopic (exact) mass is 858 g/mol. The summed E-state index contributed by atoms with van der Waals surface area (Å²) in [5, 5.41) is 6.64. The van der Waals surface area contributed by atoms with Crippen LogP contribution in [0, 0.1) is 5.92 Å². The number of ether oxygens (including phenoxy) is 1. The molecule has 0 spiro atoms. The molecule has 0 radical (unpaired) electrons. The molecule has 4 aliphatic rings. The molecule has 0 unspecified atom stereocenters. The van der Waals surface area contributed by atoms with Gasteiger partial charge in [0.1, 0.15) is 9.66 Å². The number of nitrogens with two attached hydrogens (primary N) is 1. The highest BCUT2D eigenvalue weighted by atomic mass is 32.1. The number of piperazine rings is 1. The third-order valence-electron chi connectivity index (χ3n) is 12.9. The molecular formula is C47H58N10O2S2. The van der Waals surface area contributed by atoms with Crippen LogP contribution in [0.15, 0.2) is 83.8 Å². The zero-order valence-electron chi connectivity index (χ0n) is 35.1. The largest absolute Gasteiger partial charge is 0.380 e. The molecule has 0 bridgehead atoms. The molecule has 0 saturated carbocycles. The van der Waals surface area contributed by atoms with Crippen molar-refractivity contribution in [3.05, 3.63) is 83.8 Å². The first-order chi connectivity index (χ1) is 30.1. The van der Waals surface area contributed by atoms with Gasteiger partial charge in [0.15, 0.2) is 0 Å². The summed E-state index contributed by atoms with van der Waals surface area (Å²) in [6.07, 6.45) is 11.0. The lowest BCUT2D eigenvalue weighted by Gasteiger charge is -2.35. The zero-order valence-corrected chi connectivity index (χ0v) is 36.7. The second-order valence-corrected chi connectivity index (χ2v) is 18.5. The van der Waals surface area contributed by atoms with E-state index in [4.69, 9.17) is 30.4 Å². The van der Waals surface area contributed by atoms with Gasteiger partial charge in [0.05, 0.1) is 12.6 Å². The first kappa shape index (κ1) is 41.8. The van der Waals surface area contributed by atoms with Crippen LogP contribution in [0.4, 0.5) is 11.9 Å². The fourth-order valence-corrected chi connectivity index (χ4v) is 11.0. The number of amides is 1. The van der Waals surface area contributed by atoms with Crippen LogP contribution in [0.3, 0.4) is 0 Å². The minimum atomic E-state index is -0.182. The Morgan fingerprint density at radius 2 is 1.20 bits per heavy atom. The minimum absolute atomic E-state index is 0.0759. The number of nitrogens with zero attached hydrogens (tertiary/aromatic N) is 9. The SMILES string of the molecule is NC(=O)[C@H]1CCCN1CCN1CCN(c2ncc3c(-c4ccccc4)csc3n2)CC1.c1ccc(-c2csc3nc(N4CCC(COCCN5CCCC5)CC4)ncc23)cc1. The van der Waals surface area contributed by atoms with E-state index in [0.717, 1.165) is 137 Å². The zero-order chi connectivity index (χ0) is 41.4. The molecule has 1 amide bonds. The first-order valence-corrected chi connectivity index (χ1v) is 24.0. The van der Waals surface area contributed by atoms with Gasteiger partial charge in [-0.05, 0) is 75.2 Å². The molecule has 0 aliphatic carbocycles. The fraction of sp³-hybridized carbons (Fsp3) is 0.468. The summed E-state index contributed by atoms with van der Waals surface area (Å²) in [4.78, 5) is 44.7. The van der Waals surface area contributed by atoms with Gasteiger partial charge in [-0.1, -0.05) is 60.7 Å². The van der Waals surface area contributed by atoms with Crippen molar-refractivity contribution < 1.29 is 9.53 Å². The van der Waals surface area contributed by atoms with Crippen molar-refractivity contribution in [1.29, 1.82) is 0 Å². The second kappa shape index (κ2) is 20.1. The highest BCUT2D eigenvalue weighted by molar-refractivity contribution is 7.17. The molecule has 61 heavy (non-hydrogen) atoms. The van der Waals surface area contributed by atoms with Crippen molar-refractivity contribution in [1.82, 2.24) is 34.6 Å². The smallest absolute Gasteiger partial charge is 0.234 e. The van der Waals surface area contributed by atoms with E-state index in [1.165, 1.54) is 48.2 Å². The van der Waals surface area contributed by atoms with Crippen LogP contribution in [-0.4, -0.2) is 138 Å². The molecule has 6 aromatic rings. The van der Waals surface area contributed by atoms with Gasteiger partial charge < -0.3 is 25.2 Å². The molecule has 8 heterocycles. The van der Waals surface area contributed by atoms with Crippen molar-refractivity contribution in [3.63, 3.8) is 0 Å². The lowest BCUT2D eigenvalue weighted by Crippen LogP contribution is -2.50. The van der Waals surface area contributed by atoms with Gasteiger partial charge in [-0.15, -0.1) is 22.7 Å². The topological polar surface area (TPSA) is 120 Å². The van der Waals surface area contributed by atoms with Gasteiger partial charge in [-0.2, -0.15) is 0 Å². The van der Waals surface area contributed by atoms with E-state index in [9.17, 15) is 4.79 Å². The molecule has 2 N–H and O–H groups in total. The van der Waals surface area contributed by atoms with Gasteiger partial charge in [-0.25, -0.2) is 19.9 Å². The number of benzene rings is 2. The van der Waals surface area contributed by atoms with E-state index in [1.807, 2.05) is 18.5 Å². The first-order valence-electron chi connectivity index (χ1n) is 22.2. The number of likely N-dealkylation sites (tertiary alicyclic amines) is 2. The second-order valence-electron chi connectivity index (χ2n) is 16.8. The Labute approximate surface area is 367 Å². The Morgan fingerprint density at radius 1 is 0.639 bits per heavy atom. The number of aromatic nitrogens is 4. The lowest BCUT2D eigenvalue weighted by molar-refractivity contribution is -0.122. The Hall–Kier alpha value is -4.57. The number of anilines is 2. The van der Waals surface area contributed by atoms with Crippen LogP contribution in [0.1, 0.15) is 38.5 Å². The minimum Gasteiger partial charge on any atom is -0.380 e. The lowest BCUT2D eigenvalue weighted by atomic mass is 9.98. The van der Waals surface area contributed by atoms with Crippen LogP contribution in [0.25, 0.3) is 42.7 Å². The normalized spacial score (nSPS) is 19.5. The maximum absolute atomic E-state index is 11.6. The van der Waals surface area contributed by atoms with Crippen molar-refractivity contribution in [2.75, 3.05) is 102 Å². The summed E-state index contributed by atoms with van der Waals surface area (Å²) < 4.78 is 5.99. The van der Waals surface area contributed by atoms with E-state index >= 15 is 0 Å². The average Bonchev–Trinajstić information content (AvgIpc) is 4.16. The molecule has 10 rings (SSSR count). The van der Waals surface area contributed by atoms with Crippen LogP contribution < -0.4 is 15.5 Å². The van der Waals surface area contributed by atoms with Gasteiger partial charge in [0.2, 0.25) is 17.8 Å². The Balaban J connectivity index is 0.000000156.